The van der Waals surface area contributed by atoms with Gasteiger partial charge in [-0.25, -0.2) is 0 Å². The largest absolute Gasteiger partial charge is 0.294 e. The van der Waals surface area contributed by atoms with Gasteiger partial charge in [-0.1, -0.05) is 19.6 Å². The lowest BCUT2D eigenvalue weighted by Gasteiger charge is -2.14. The van der Waals surface area contributed by atoms with Gasteiger partial charge in [0, 0.05) is 18.8 Å². The highest BCUT2D eigenvalue weighted by molar-refractivity contribution is 5.08. The molecule has 0 fully saturated rings. The predicted molar refractivity (Wildman–Crippen MR) is 52.1 cm³/mol. The fourth-order valence-electron chi connectivity index (χ4n) is 0.958. The summed E-state index contributed by atoms with van der Waals surface area (Å²) >= 11 is 0. The molecule has 0 unspecified atom stereocenters. The van der Waals surface area contributed by atoms with E-state index in [0.717, 1.165) is 6.20 Å². The molecule has 1 aromatic rings. The fourth-order valence-corrected chi connectivity index (χ4v) is 0.958. The molecular weight excluding hydrogens is 186 g/mol. The van der Waals surface area contributed by atoms with E-state index in [1.54, 1.807) is 6.92 Å². The van der Waals surface area contributed by atoms with Crippen molar-refractivity contribution in [3.63, 3.8) is 0 Å². The molecule has 0 radical (unpaired) electrons. The van der Waals surface area contributed by atoms with Crippen molar-refractivity contribution in [1.82, 2.24) is 9.97 Å². The van der Waals surface area contributed by atoms with Crippen molar-refractivity contribution in [2.24, 2.45) is 0 Å². The van der Waals surface area contributed by atoms with Gasteiger partial charge in [-0.3, -0.25) is 9.97 Å². The molecule has 0 amide bonds. The third-order valence-electron chi connectivity index (χ3n) is 1.46. The Balaban J connectivity index is 0.00000169. The minimum atomic E-state index is -2.96. The zero-order chi connectivity index (χ0) is 9.90. The summed E-state index contributed by atoms with van der Waals surface area (Å²) in [6, 6.07) is 0. The van der Waals surface area contributed by atoms with Crippen LogP contribution in [0.25, 0.3) is 0 Å². The highest BCUT2D eigenvalue weighted by atomic mass is 19.3. The molecule has 4 heteroatoms. The monoisotopic (exact) mass is 200 g/mol. The topological polar surface area (TPSA) is 25.8 Å². The smallest absolute Gasteiger partial charge is 0.261 e. The van der Waals surface area contributed by atoms with Gasteiger partial charge < -0.3 is 0 Å². The van der Waals surface area contributed by atoms with Crippen molar-refractivity contribution >= 4 is 0 Å². The van der Waals surface area contributed by atoms with Crippen LogP contribution in [0.1, 0.15) is 26.5 Å². The van der Waals surface area contributed by atoms with Gasteiger partial charge in [0.05, 0.1) is 6.20 Å². The molecule has 1 rings (SSSR count). The van der Waals surface area contributed by atoms with Gasteiger partial charge in [-0.15, -0.1) is 0 Å². The van der Waals surface area contributed by atoms with E-state index < -0.39 is 5.92 Å². The number of alkyl halides is 2. The van der Waals surface area contributed by atoms with Crippen LogP contribution in [0.2, 0.25) is 0 Å². The van der Waals surface area contributed by atoms with Crippen molar-refractivity contribution in [1.29, 1.82) is 0 Å². The highest BCUT2D eigenvalue weighted by Gasteiger charge is 2.33. The second kappa shape index (κ2) is 4.79. The molecule has 0 saturated heterocycles. The fraction of sp³-hybridized carbons (Fsp3) is 0.400. The average Bonchev–Trinajstić information content (AvgIpc) is 2.04. The first-order valence-electron chi connectivity index (χ1n) is 3.81. The number of rotatable bonds is 3. The molecule has 0 bridgehead atoms. The minimum Gasteiger partial charge on any atom is -0.261 e. The van der Waals surface area contributed by atoms with Crippen LogP contribution in [0.4, 0.5) is 8.78 Å². The Morgan fingerprint density at radius 1 is 1.50 bits per heavy atom. The maximum atomic E-state index is 13.2. The highest BCUT2D eigenvalue weighted by Crippen LogP contribution is 2.31. The van der Waals surface area contributed by atoms with Crippen LogP contribution in [0.15, 0.2) is 30.7 Å². The molecule has 0 aromatic carbocycles. The summed E-state index contributed by atoms with van der Waals surface area (Å²) in [6.45, 7) is 5.00. The Morgan fingerprint density at radius 2 is 2.14 bits per heavy atom. The molecule has 1 aromatic heterocycles. The molecule has 78 valence electrons. The summed E-state index contributed by atoms with van der Waals surface area (Å²) in [5.41, 5.74) is 0.119. The van der Waals surface area contributed by atoms with Crippen LogP contribution in [0.5, 0.6) is 0 Å². The molecule has 0 N–H and O–H groups in total. The molecule has 14 heavy (non-hydrogen) atoms. The Bertz CT molecular complexity index is 296. The Hall–Kier alpha value is -1.32. The van der Waals surface area contributed by atoms with E-state index in [1.807, 2.05) is 0 Å². The van der Waals surface area contributed by atoms with Gasteiger partial charge in [0.2, 0.25) is 0 Å². The Morgan fingerprint density at radius 3 is 2.57 bits per heavy atom. The van der Waals surface area contributed by atoms with E-state index in [-0.39, 0.29) is 19.5 Å². The minimum absolute atomic E-state index is 0. The normalized spacial score (nSPS) is 10.5. The van der Waals surface area contributed by atoms with E-state index in [2.05, 4.69) is 16.5 Å². The first-order chi connectivity index (χ1) is 6.02. The van der Waals surface area contributed by atoms with E-state index in [0.29, 0.717) is 5.57 Å². The number of aromatic nitrogens is 2. The van der Waals surface area contributed by atoms with E-state index in [1.165, 1.54) is 12.4 Å². The number of hydrogen-bond acceptors (Lipinski definition) is 2. The number of nitrogens with zero attached hydrogens (tertiary/aromatic N) is 2. The predicted octanol–water partition coefficient (Wildman–Crippen LogP) is 3.17. The molecule has 1 heterocycles. The maximum Gasteiger partial charge on any atom is 0.294 e. The quantitative estimate of drug-likeness (QED) is 0.700. The van der Waals surface area contributed by atoms with Crippen molar-refractivity contribution in [3.05, 3.63) is 36.4 Å². The lowest BCUT2D eigenvalue weighted by Crippen LogP contribution is -2.15. The van der Waals surface area contributed by atoms with Crippen LogP contribution >= 0.6 is 0 Å². The third kappa shape index (κ3) is 3.20. The molecule has 0 spiro atoms. The zero-order valence-corrected chi connectivity index (χ0v) is 7.30. The van der Waals surface area contributed by atoms with Gasteiger partial charge >= 0.3 is 0 Å². The van der Waals surface area contributed by atoms with E-state index >= 15 is 0 Å². The summed E-state index contributed by atoms with van der Waals surface area (Å²) in [7, 11) is 0. The number of halogens is 2. The maximum absolute atomic E-state index is 13.2. The number of allylic oxidation sites excluding steroid dienone is 1. The zero-order valence-electron chi connectivity index (χ0n) is 7.30. The van der Waals surface area contributed by atoms with Gasteiger partial charge in [0.15, 0.2) is 0 Å². The van der Waals surface area contributed by atoms with Crippen molar-refractivity contribution in [3.8, 4) is 0 Å². The van der Waals surface area contributed by atoms with Gasteiger partial charge in [0.25, 0.3) is 5.92 Å². The standard InChI is InChI=1S/C9H10F2N2.CH4/c1-7(2)5-9(10,11)8-6-12-3-4-13-8;/h3-4,6H,1,5H2,2H3;1H4. The molecule has 0 atom stereocenters. The summed E-state index contributed by atoms with van der Waals surface area (Å²) < 4.78 is 26.5. The van der Waals surface area contributed by atoms with E-state index in [4.69, 9.17) is 0 Å². The van der Waals surface area contributed by atoms with Crippen molar-refractivity contribution in [2.75, 3.05) is 0 Å². The Kier molecular flexibility index (Phi) is 4.34. The lowest BCUT2D eigenvalue weighted by molar-refractivity contribution is -0.00849. The molecule has 0 aliphatic carbocycles. The second-order valence-electron chi connectivity index (χ2n) is 2.93. The molecule has 0 saturated carbocycles. The van der Waals surface area contributed by atoms with Crippen LogP contribution in [-0.4, -0.2) is 9.97 Å². The lowest BCUT2D eigenvalue weighted by atomic mass is 10.1. The van der Waals surface area contributed by atoms with Crippen LogP contribution in [-0.2, 0) is 5.92 Å². The summed E-state index contributed by atoms with van der Waals surface area (Å²) in [5, 5.41) is 0. The molecule has 0 aliphatic heterocycles. The second-order valence-corrected chi connectivity index (χ2v) is 2.93. The van der Waals surface area contributed by atoms with Crippen LogP contribution in [0.3, 0.4) is 0 Å². The SMILES string of the molecule is C.C=C(C)CC(F)(F)c1cnccn1. The molecular formula is C10H14F2N2. The third-order valence-corrected chi connectivity index (χ3v) is 1.46. The summed E-state index contributed by atoms with van der Waals surface area (Å²) in [5.74, 6) is -2.96. The first-order valence-corrected chi connectivity index (χ1v) is 3.81. The summed E-state index contributed by atoms with van der Waals surface area (Å²) in [6.07, 6.45) is 3.30. The van der Waals surface area contributed by atoms with Gasteiger partial charge in [0.1, 0.15) is 5.69 Å². The first kappa shape index (κ1) is 12.7. The molecule has 0 aliphatic rings. The Labute approximate surface area is 82.7 Å². The number of hydrogen-bond donors (Lipinski definition) is 0. The van der Waals surface area contributed by atoms with Gasteiger partial charge in [-0.2, -0.15) is 8.78 Å². The van der Waals surface area contributed by atoms with Crippen LogP contribution < -0.4 is 0 Å². The van der Waals surface area contributed by atoms with Crippen molar-refractivity contribution in [2.45, 2.75) is 26.7 Å². The summed E-state index contributed by atoms with van der Waals surface area (Å²) in [4.78, 5) is 7.14. The molecule has 2 nitrogen and oxygen atoms in total. The van der Waals surface area contributed by atoms with Crippen molar-refractivity contribution < 1.29 is 8.78 Å². The van der Waals surface area contributed by atoms with Gasteiger partial charge in [-0.05, 0) is 6.92 Å². The average molecular weight is 200 g/mol. The van der Waals surface area contributed by atoms with E-state index in [9.17, 15) is 8.78 Å². The van der Waals surface area contributed by atoms with Crippen LogP contribution in [0, 0.1) is 0 Å².